The van der Waals surface area contributed by atoms with Crippen LogP contribution >= 0.6 is 0 Å². The lowest BCUT2D eigenvalue weighted by molar-refractivity contribution is 0.214. The van der Waals surface area contributed by atoms with E-state index in [2.05, 4.69) is 23.1 Å². The maximum Gasteiger partial charge on any atom is 0.130 e. The number of halogens is 2. The summed E-state index contributed by atoms with van der Waals surface area (Å²) in [5.74, 6) is -1.17. The first kappa shape index (κ1) is 21.5. The minimum absolute atomic E-state index is 0.00656. The normalized spacial score (nSPS) is 17.1. The van der Waals surface area contributed by atoms with Crippen LogP contribution in [0.5, 0.6) is 0 Å². The average Bonchev–Trinajstić information content (AvgIpc) is 2.74. The molecule has 0 radical (unpaired) electrons. The third-order valence-corrected chi connectivity index (χ3v) is 6.32. The fourth-order valence-electron chi connectivity index (χ4n) is 4.86. The Morgan fingerprint density at radius 3 is 2.28 bits per heavy atom. The zero-order valence-electron chi connectivity index (χ0n) is 17.2. The van der Waals surface area contributed by atoms with E-state index < -0.39 is 17.0 Å². The Labute approximate surface area is 173 Å². The molecule has 1 aliphatic carbocycles. The summed E-state index contributed by atoms with van der Waals surface area (Å²) in [5, 5.41) is 10.2. The summed E-state index contributed by atoms with van der Waals surface area (Å²) in [6.07, 6.45) is 6.11. The van der Waals surface area contributed by atoms with Gasteiger partial charge in [-0.15, -0.1) is 0 Å². The maximum absolute atomic E-state index is 14.8. The number of nitrogens with zero attached hydrogens (tertiary/aromatic N) is 2. The van der Waals surface area contributed by atoms with E-state index >= 15 is 0 Å². The number of nitriles is 1. The van der Waals surface area contributed by atoms with Crippen molar-refractivity contribution in [3.8, 4) is 6.07 Å². The first-order valence-electron chi connectivity index (χ1n) is 10.6. The van der Waals surface area contributed by atoms with Crippen molar-refractivity contribution in [1.29, 1.82) is 5.26 Å². The Morgan fingerprint density at radius 2 is 1.66 bits per heavy atom. The van der Waals surface area contributed by atoms with Gasteiger partial charge in [0.25, 0.3) is 0 Å². The predicted octanol–water partition coefficient (Wildman–Crippen LogP) is 6.22. The van der Waals surface area contributed by atoms with Crippen LogP contribution in [0.1, 0.15) is 56.1 Å². The van der Waals surface area contributed by atoms with Gasteiger partial charge in [-0.1, -0.05) is 55.7 Å². The molecule has 0 bridgehead atoms. The molecule has 4 heteroatoms. The number of rotatable bonds is 8. The molecule has 154 valence electrons. The molecule has 0 amide bonds. The Balaban J connectivity index is 1.77. The van der Waals surface area contributed by atoms with Gasteiger partial charge in [0.05, 0.1) is 11.5 Å². The molecule has 2 aromatic rings. The van der Waals surface area contributed by atoms with Crippen LogP contribution < -0.4 is 0 Å². The van der Waals surface area contributed by atoms with E-state index in [1.54, 1.807) is 0 Å². The predicted molar refractivity (Wildman–Crippen MR) is 112 cm³/mol. The van der Waals surface area contributed by atoms with E-state index in [9.17, 15) is 14.0 Å². The third-order valence-electron chi connectivity index (χ3n) is 6.32. The summed E-state index contributed by atoms with van der Waals surface area (Å²) in [5.41, 5.74) is 0.123. The maximum atomic E-state index is 14.8. The molecule has 1 aliphatic rings. The monoisotopic (exact) mass is 396 g/mol. The third kappa shape index (κ3) is 5.03. The van der Waals surface area contributed by atoms with Gasteiger partial charge in [0, 0.05) is 12.1 Å². The van der Waals surface area contributed by atoms with Crippen molar-refractivity contribution < 1.29 is 8.78 Å². The molecule has 29 heavy (non-hydrogen) atoms. The smallest absolute Gasteiger partial charge is 0.130 e. The summed E-state index contributed by atoms with van der Waals surface area (Å²) in [4.78, 5) is 2.20. The van der Waals surface area contributed by atoms with Gasteiger partial charge in [-0.25, -0.2) is 8.78 Å². The fourth-order valence-corrected chi connectivity index (χ4v) is 4.86. The van der Waals surface area contributed by atoms with Crippen molar-refractivity contribution in [3.05, 3.63) is 71.3 Å². The first-order chi connectivity index (χ1) is 14.1. The molecule has 0 N–H and O–H groups in total. The van der Waals surface area contributed by atoms with Crippen LogP contribution in [0.4, 0.5) is 8.78 Å². The van der Waals surface area contributed by atoms with Crippen molar-refractivity contribution >= 4 is 0 Å². The molecule has 1 fully saturated rings. The second-order valence-corrected chi connectivity index (χ2v) is 8.34. The van der Waals surface area contributed by atoms with Crippen LogP contribution in [0.25, 0.3) is 0 Å². The highest BCUT2D eigenvalue weighted by Gasteiger charge is 2.44. The zero-order chi connectivity index (χ0) is 20.7. The average molecular weight is 397 g/mol. The van der Waals surface area contributed by atoms with Crippen LogP contribution in [-0.4, -0.2) is 18.5 Å². The SMILES string of the molecule is CN(CCCC(C#N)(c1c(F)cccc1F)C1CCCCC1)Cc1ccccc1. The van der Waals surface area contributed by atoms with Crippen LogP contribution in [0.15, 0.2) is 48.5 Å². The lowest BCUT2D eigenvalue weighted by Gasteiger charge is -2.38. The van der Waals surface area contributed by atoms with Crippen molar-refractivity contribution in [2.24, 2.45) is 5.92 Å². The Bertz CT molecular complexity index is 804. The second-order valence-electron chi connectivity index (χ2n) is 8.34. The molecule has 0 heterocycles. The van der Waals surface area contributed by atoms with Crippen LogP contribution in [0.2, 0.25) is 0 Å². The van der Waals surface area contributed by atoms with E-state index in [1.165, 1.54) is 23.8 Å². The van der Waals surface area contributed by atoms with E-state index in [1.807, 2.05) is 25.2 Å². The Kier molecular flexibility index (Phi) is 7.39. The van der Waals surface area contributed by atoms with Gasteiger partial charge in [-0.3, -0.25) is 0 Å². The molecule has 1 saturated carbocycles. The molecule has 1 unspecified atom stereocenters. The fraction of sp³-hybridized carbons (Fsp3) is 0.480. The van der Waals surface area contributed by atoms with Gasteiger partial charge >= 0.3 is 0 Å². The van der Waals surface area contributed by atoms with E-state index in [0.29, 0.717) is 6.42 Å². The van der Waals surface area contributed by atoms with Crippen molar-refractivity contribution in [1.82, 2.24) is 4.90 Å². The molecule has 1 atom stereocenters. The summed E-state index contributed by atoms with van der Waals surface area (Å²) < 4.78 is 29.5. The summed E-state index contributed by atoms with van der Waals surface area (Å²) in [7, 11) is 2.05. The zero-order valence-corrected chi connectivity index (χ0v) is 17.2. The molecule has 3 rings (SSSR count). The summed E-state index contributed by atoms with van der Waals surface area (Å²) in [6.45, 7) is 1.60. The minimum Gasteiger partial charge on any atom is -0.302 e. The first-order valence-corrected chi connectivity index (χ1v) is 10.6. The van der Waals surface area contributed by atoms with Crippen molar-refractivity contribution in [2.75, 3.05) is 13.6 Å². The lowest BCUT2D eigenvalue weighted by Crippen LogP contribution is -2.38. The number of benzene rings is 2. The number of hydrogen-bond donors (Lipinski definition) is 0. The quantitative estimate of drug-likeness (QED) is 0.530. The van der Waals surface area contributed by atoms with Crippen LogP contribution in [0.3, 0.4) is 0 Å². The van der Waals surface area contributed by atoms with Crippen molar-refractivity contribution in [3.63, 3.8) is 0 Å². The van der Waals surface area contributed by atoms with Gasteiger partial charge in [-0.2, -0.15) is 5.26 Å². The topological polar surface area (TPSA) is 27.0 Å². The van der Waals surface area contributed by atoms with Crippen LogP contribution in [0, 0.1) is 28.9 Å². The van der Waals surface area contributed by atoms with Gasteiger partial charge in [0.1, 0.15) is 11.6 Å². The summed E-state index contributed by atoms with van der Waals surface area (Å²) in [6, 6.07) is 16.6. The Hall–Kier alpha value is -2.25. The van der Waals surface area contributed by atoms with E-state index in [0.717, 1.165) is 51.6 Å². The molecule has 2 nitrogen and oxygen atoms in total. The molecule has 2 aromatic carbocycles. The van der Waals surface area contributed by atoms with Gasteiger partial charge in [0.15, 0.2) is 0 Å². The van der Waals surface area contributed by atoms with Gasteiger partial charge in [0.2, 0.25) is 0 Å². The highest BCUT2D eigenvalue weighted by Crippen LogP contribution is 2.45. The van der Waals surface area contributed by atoms with Gasteiger partial charge in [-0.05, 0) is 62.9 Å². The van der Waals surface area contributed by atoms with Gasteiger partial charge < -0.3 is 4.90 Å². The van der Waals surface area contributed by atoms with E-state index in [4.69, 9.17) is 0 Å². The van der Waals surface area contributed by atoms with Crippen molar-refractivity contribution in [2.45, 2.75) is 56.9 Å². The molecular formula is C25H30F2N2. The van der Waals surface area contributed by atoms with E-state index in [-0.39, 0.29) is 11.5 Å². The molecule has 0 aromatic heterocycles. The highest BCUT2D eigenvalue weighted by molar-refractivity contribution is 5.36. The standard InChI is InChI=1S/C25H30F2N2/c1-29(18-20-10-4-2-5-11-20)17-9-16-25(19-28,21-12-6-3-7-13-21)24-22(26)14-8-15-23(24)27/h2,4-5,8,10-11,14-15,21H,3,6-7,9,12-13,16-18H2,1H3. The Morgan fingerprint density at radius 1 is 1.00 bits per heavy atom. The van der Waals surface area contributed by atoms with Crippen LogP contribution in [-0.2, 0) is 12.0 Å². The summed E-state index contributed by atoms with van der Waals surface area (Å²) >= 11 is 0. The molecule has 0 spiro atoms. The largest absolute Gasteiger partial charge is 0.302 e. The second kappa shape index (κ2) is 9.98. The molecular weight excluding hydrogens is 366 g/mol. The lowest BCUT2D eigenvalue weighted by atomic mass is 9.63. The molecule has 0 aliphatic heterocycles. The number of hydrogen-bond acceptors (Lipinski definition) is 2. The molecule has 0 saturated heterocycles. The minimum atomic E-state index is -1.09. The highest BCUT2D eigenvalue weighted by atomic mass is 19.1.